The van der Waals surface area contributed by atoms with Crippen molar-refractivity contribution >= 4 is 5.97 Å². The minimum Gasteiger partial charge on any atom is -0.497 e. The molecule has 1 unspecified atom stereocenters. The molecule has 4 nitrogen and oxygen atoms in total. The van der Waals surface area contributed by atoms with E-state index in [-0.39, 0.29) is 23.6 Å². The Morgan fingerprint density at radius 1 is 1.00 bits per heavy atom. The van der Waals surface area contributed by atoms with E-state index in [1.807, 2.05) is 56.3 Å². The summed E-state index contributed by atoms with van der Waals surface area (Å²) in [6, 6.07) is 18.1. The Kier molecular flexibility index (Phi) is 10.3. The van der Waals surface area contributed by atoms with Crippen LogP contribution in [0.4, 0.5) is 4.39 Å². The predicted octanol–water partition coefficient (Wildman–Crippen LogP) is 8.15. The van der Waals surface area contributed by atoms with Crippen LogP contribution in [-0.2, 0) is 16.8 Å². The number of ether oxygens (including phenoxy) is 2. The molecule has 0 spiro atoms. The van der Waals surface area contributed by atoms with E-state index >= 15 is 0 Å². The second-order valence-corrected chi connectivity index (χ2v) is 9.27. The summed E-state index contributed by atoms with van der Waals surface area (Å²) in [4.78, 5) is 11.0. The van der Waals surface area contributed by atoms with Crippen LogP contribution in [0.2, 0.25) is 0 Å². The SMILES string of the molecule is C=CC(CC(=O)O)c1ccc(OCc2ccc(C(C)(C)C)c(-c3cc(OC)ccc3F)c2)cc1.CC. The molecule has 192 valence electrons. The van der Waals surface area contributed by atoms with Gasteiger partial charge in [-0.3, -0.25) is 4.79 Å². The van der Waals surface area contributed by atoms with Crippen molar-refractivity contribution in [3.8, 4) is 22.6 Å². The summed E-state index contributed by atoms with van der Waals surface area (Å²) in [5, 5.41) is 9.06. The molecule has 0 aromatic heterocycles. The number of allylic oxidation sites excluding steroid dienone is 1. The lowest BCUT2D eigenvalue weighted by molar-refractivity contribution is -0.137. The molecule has 0 radical (unpaired) electrons. The number of rotatable bonds is 9. The zero-order valence-corrected chi connectivity index (χ0v) is 22.1. The van der Waals surface area contributed by atoms with E-state index in [1.54, 1.807) is 25.3 Å². The van der Waals surface area contributed by atoms with Crippen LogP contribution < -0.4 is 9.47 Å². The highest BCUT2D eigenvalue weighted by atomic mass is 19.1. The molecule has 0 aliphatic carbocycles. The number of aliphatic carboxylic acids is 1. The number of halogens is 1. The summed E-state index contributed by atoms with van der Waals surface area (Å²) in [6.07, 6.45) is 1.63. The van der Waals surface area contributed by atoms with Gasteiger partial charge < -0.3 is 14.6 Å². The smallest absolute Gasteiger partial charge is 0.304 e. The van der Waals surface area contributed by atoms with Crippen molar-refractivity contribution in [2.75, 3.05) is 7.11 Å². The molecule has 0 aliphatic heterocycles. The van der Waals surface area contributed by atoms with E-state index < -0.39 is 5.97 Å². The van der Waals surface area contributed by atoms with Gasteiger partial charge >= 0.3 is 5.97 Å². The number of carbonyl (C=O) groups is 1. The van der Waals surface area contributed by atoms with Crippen molar-refractivity contribution in [3.63, 3.8) is 0 Å². The van der Waals surface area contributed by atoms with E-state index in [2.05, 4.69) is 27.4 Å². The third-order valence-electron chi connectivity index (χ3n) is 5.75. The third kappa shape index (κ3) is 7.45. The number of hydrogen-bond acceptors (Lipinski definition) is 3. The Balaban J connectivity index is 0.00000222. The zero-order valence-electron chi connectivity index (χ0n) is 22.1. The van der Waals surface area contributed by atoms with E-state index in [0.717, 1.165) is 22.3 Å². The molecule has 1 atom stereocenters. The van der Waals surface area contributed by atoms with Gasteiger partial charge in [-0.2, -0.15) is 0 Å². The van der Waals surface area contributed by atoms with Gasteiger partial charge in [0.05, 0.1) is 13.5 Å². The summed E-state index contributed by atoms with van der Waals surface area (Å²) in [7, 11) is 1.57. The van der Waals surface area contributed by atoms with Crippen molar-refractivity contribution in [1.82, 2.24) is 0 Å². The largest absolute Gasteiger partial charge is 0.497 e. The standard InChI is InChI=1S/C29H31FO4.C2H6/c1-6-20(16-28(31)32)21-8-10-22(11-9-21)34-18-19-7-13-26(29(2,3)4)24(15-19)25-17-23(33-5)12-14-27(25)30;1-2/h6-15,17,20H,1,16,18H2,2-5H3,(H,31,32);1-2H3. The van der Waals surface area contributed by atoms with Crippen LogP contribution in [0.5, 0.6) is 11.5 Å². The van der Waals surface area contributed by atoms with E-state index in [9.17, 15) is 9.18 Å². The van der Waals surface area contributed by atoms with Crippen LogP contribution in [0.25, 0.3) is 11.1 Å². The fourth-order valence-electron chi connectivity index (χ4n) is 3.90. The first-order valence-electron chi connectivity index (χ1n) is 12.2. The first kappa shape index (κ1) is 28.6. The molecule has 3 aromatic rings. The zero-order chi connectivity index (χ0) is 26.9. The monoisotopic (exact) mass is 492 g/mol. The minimum absolute atomic E-state index is 0.00651. The quantitative estimate of drug-likeness (QED) is 0.306. The lowest BCUT2D eigenvalue weighted by atomic mass is 9.81. The van der Waals surface area contributed by atoms with Crippen molar-refractivity contribution in [3.05, 3.63) is 95.8 Å². The second-order valence-electron chi connectivity index (χ2n) is 9.27. The number of carboxylic acid groups (broad SMARTS) is 1. The summed E-state index contributed by atoms with van der Waals surface area (Å²) in [6.45, 7) is 14.3. The van der Waals surface area contributed by atoms with Crippen LogP contribution in [0, 0.1) is 5.82 Å². The van der Waals surface area contributed by atoms with Gasteiger partial charge in [0.25, 0.3) is 0 Å². The van der Waals surface area contributed by atoms with Crippen LogP contribution in [0.1, 0.15) is 63.6 Å². The first-order valence-corrected chi connectivity index (χ1v) is 12.2. The fraction of sp³-hybridized carbons (Fsp3) is 0.323. The van der Waals surface area contributed by atoms with E-state index in [4.69, 9.17) is 14.6 Å². The van der Waals surface area contributed by atoms with Crippen LogP contribution in [0.15, 0.2) is 73.3 Å². The maximum atomic E-state index is 14.8. The average Bonchev–Trinajstić information content (AvgIpc) is 2.87. The Hall–Kier alpha value is -3.60. The topological polar surface area (TPSA) is 55.8 Å². The van der Waals surface area contributed by atoms with Gasteiger partial charge in [-0.15, -0.1) is 6.58 Å². The lowest BCUT2D eigenvalue weighted by Crippen LogP contribution is -2.13. The van der Waals surface area contributed by atoms with Crippen molar-refractivity contribution < 1.29 is 23.8 Å². The summed E-state index contributed by atoms with van der Waals surface area (Å²) in [5.74, 6) is -0.170. The number of carboxylic acids is 1. The third-order valence-corrected chi connectivity index (χ3v) is 5.75. The molecular formula is C31H37FO4. The lowest BCUT2D eigenvalue weighted by Gasteiger charge is -2.24. The number of methoxy groups -OCH3 is 1. The van der Waals surface area contributed by atoms with Crippen molar-refractivity contribution in [1.29, 1.82) is 0 Å². The molecular weight excluding hydrogens is 455 g/mol. The van der Waals surface area contributed by atoms with Gasteiger partial charge in [-0.25, -0.2) is 4.39 Å². The summed E-state index contributed by atoms with van der Waals surface area (Å²) < 4.78 is 26.1. The highest BCUT2D eigenvalue weighted by Crippen LogP contribution is 2.37. The summed E-state index contributed by atoms with van der Waals surface area (Å²) >= 11 is 0. The minimum atomic E-state index is -0.868. The van der Waals surface area contributed by atoms with Crippen molar-refractivity contribution in [2.24, 2.45) is 0 Å². The van der Waals surface area contributed by atoms with Crippen molar-refractivity contribution in [2.45, 2.75) is 59.0 Å². The van der Waals surface area contributed by atoms with Gasteiger partial charge in [-0.05, 0) is 64.1 Å². The molecule has 36 heavy (non-hydrogen) atoms. The molecule has 0 bridgehead atoms. The Morgan fingerprint density at radius 2 is 1.64 bits per heavy atom. The molecule has 1 N–H and O–H groups in total. The van der Waals surface area contributed by atoms with Gasteiger partial charge in [-0.1, -0.05) is 65.0 Å². The van der Waals surface area contributed by atoms with Gasteiger partial charge in [0, 0.05) is 11.5 Å². The molecule has 0 amide bonds. The molecule has 0 fully saturated rings. The molecule has 3 rings (SSSR count). The van der Waals surface area contributed by atoms with Gasteiger partial charge in [0.1, 0.15) is 23.9 Å². The molecule has 3 aromatic carbocycles. The summed E-state index contributed by atoms with van der Waals surface area (Å²) in [5.41, 5.74) is 3.92. The normalized spacial score (nSPS) is 11.6. The van der Waals surface area contributed by atoms with Gasteiger partial charge in [0.2, 0.25) is 0 Å². The number of hydrogen-bond donors (Lipinski definition) is 1. The predicted molar refractivity (Wildman–Crippen MR) is 144 cm³/mol. The first-order chi connectivity index (χ1) is 17.1. The van der Waals surface area contributed by atoms with Gasteiger partial charge in [0.15, 0.2) is 0 Å². The Labute approximate surface area is 214 Å². The number of benzene rings is 3. The van der Waals surface area contributed by atoms with Crippen LogP contribution >= 0.6 is 0 Å². The van der Waals surface area contributed by atoms with E-state index in [1.165, 1.54) is 6.07 Å². The molecule has 5 heteroatoms. The highest BCUT2D eigenvalue weighted by molar-refractivity contribution is 5.71. The average molecular weight is 493 g/mol. The highest BCUT2D eigenvalue weighted by Gasteiger charge is 2.21. The maximum Gasteiger partial charge on any atom is 0.304 e. The molecule has 0 aliphatic rings. The molecule has 0 saturated heterocycles. The fourth-order valence-corrected chi connectivity index (χ4v) is 3.90. The Morgan fingerprint density at radius 3 is 2.19 bits per heavy atom. The van der Waals surface area contributed by atoms with E-state index in [0.29, 0.717) is 23.7 Å². The second kappa shape index (κ2) is 12.9. The molecule has 0 saturated carbocycles. The molecule has 0 heterocycles. The van der Waals surface area contributed by atoms with Crippen LogP contribution in [0.3, 0.4) is 0 Å². The van der Waals surface area contributed by atoms with Crippen LogP contribution in [-0.4, -0.2) is 18.2 Å². The maximum absolute atomic E-state index is 14.8. The Bertz CT molecular complexity index is 1160.